The molecule has 0 aromatic rings. The van der Waals surface area contributed by atoms with Gasteiger partial charge in [-0.25, -0.2) is 4.79 Å². The molecule has 0 saturated carbocycles. The van der Waals surface area contributed by atoms with Gasteiger partial charge in [-0.05, 0) is 19.3 Å². The van der Waals surface area contributed by atoms with Crippen molar-refractivity contribution in [2.75, 3.05) is 19.6 Å². The van der Waals surface area contributed by atoms with E-state index in [-0.39, 0.29) is 30.9 Å². The predicted octanol–water partition coefficient (Wildman–Crippen LogP) is -0.584. The van der Waals surface area contributed by atoms with Crippen LogP contribution in [0.25, 0.3) is 0 Å². The second-order valence-corrected chi connectivity index (χ2v) is 3.69. The topological polar surface area (TPSA) is 101 Å². The van der Waals surface area contributed by atoms with E-state index in [4.69, 9.17) is 11.5 Å². The molecule has 3 amide bonds. The highest BCUT2D eigenvalue weighted by Crippen LogP contribution is 2.16. The Kier molecular flexibility index (Phi) is 6.83. The normalized spacial score (nSPS) is 19.8. The molecule has 1 aliphatic rings. The van der Waals surface area contributed by atoms with E-state index < -0.39 is 6.03 Å². The summed E-state index contributed by atoms with van der Waals surface area (Å²) in [5, 5.41) is 2.53. The fourth-order valence-electron chi connectivity index (χ4n) is 1.88. The zero-order valence-electron chi connectivity index (χ0n) is 9.15. The SMILES string of the molecule is Cl.NCC(=O)N1CCCCC1CNC(N)=O. The van der Waals surface area contributed by atoms with Crippen molar-refractivity contribution < 1.29 is 9.59 Å². The van der Waals surface area contributed by atoms with E-state index in [0.717, 1.165) is 25.8 Å². The van der Waals surface area contributed by atoms with Crippen LogP contribution in [0, 0.1) is 0 Å². The van der Waals surface area contributed by atoms with Gasteiger partial charge in [-0.3, -0.25) is 4.79 Å². The summed E-state index contributed by atoms with van der Waals surface area (Å²) < 4.78 is 0. The Morgan fingerprint density at radius 3 is 2.62 bits per heavy atom. The summed E-state index contributed by atoms with van der Waals surface area (Å²) in [6.45, 7) is 1.16. The van der Waals surface area contributed by atoms with Gasteiger partial charge in [0.15, 0.2) is 0 Å². The molecule has 0 aromatic carbocycles. The van der Waals surface area contributed by atoms with Gasteiger partial charge in [0, 0.05) is 19.1 Å². The highest BCUT2D eigenvalue weighted by molar-refractivity contribution is 5.85. The van der Waals surface area contributed by atoms with Crippen molar-refractivity contribution in [3.05, 3.63) is 0 Å². The zero-order chi connectivity index (χ0) is 11.3. The van der Waals surface area contributed by atoms with Crippen LogP contribution in [0.5, 0.6) is 0 Å². The van der Waals surface area contributed by atoms with Gasteiger partial charge >= 0.3 is 6.03 Å². The average Bonchev–Trinajstić information content (AvgIpc) is 2.25. The van der Waals surface area contributed by atoms with Gasteiger partial charge in [-0.15, -0.1) is 12.4 Å². The molecule has 1 heterocycles. The Morgan fingerprint density at radius 2 is 2.06 bits per heavy atom. The van der Waals surface area contributed by atoms with E-state index in [1.165, 1.54) is 0 Å². The van der Waals surface area contributed by atoms with E-state index in [1.807, 2.05) is 0 Å². The number of rotatable bonds is 3. The van der Waals surface area contributed by atoms with Gasteiger partial charge in [-0.2, -0.15) is 0 Å². The predicted molar refractivity (Wildman–Crippen MR) is 63.2 cm³/mol. The number of hydrogen-bond acceptors (Lipinski definition) is 3. The monoisotopic (exact) mass is 250 g/mol. The van der Waals surface area contributed by atoms with E-state index in [1.54, 1.807) is 4.90 Å². The van der Waals surface area contributed by atoms with Gasteiger partial charge in [0.25, 0.3) is 0 Å². The lowest BCUT2D eigenvalue weighted by Gasteiger charge is -2.35. The standard InChI is InChI=1S/C9H18N4O2.ClH/c10-5-8(14)13-4-2-1-3-7(13)6-12-9(11)15;/h7H,1-6,10H2,(H3,11,12,15);1H. The highest BCUT2D eigenvalue weighted by Gasteiger charge is 2.25. The van der Waals surface area contributed by atoms with Gasteiger partial charge in [-0.1, -0.05) is 0 Å². The molecule has 0 aromatic heterocycles. The number of primary amides is 1. The van der Waals surface area contributed by atoms with Crippen molar-refractivity contribution in [2.45, 2.75) is 25.3 Å². The molecular weight excluding hydrogens is 232 g/mol. The Balaban J connectivity index is 0.00000225. The fourth-order valence-corrected chi connectivity index (χ4v) is 1.88. The average molecular weight is 251 g/mol. The number of nitrogens with zero attached hydrogens (tertiary/aromatic N) is 1. The van der Waals surface area contributed by atoms with Crippen molar-refractivity contribution in [3.8, 4) is 0 Å². The molecule has 1 fully saturated rings. The molecule has 94 valence electrons. The summed E-state index contributed by atoms with van der Waals surface area (Å²) in [6, 6.07) is -0.511. The number of nitrogens with two attached hydrogens (primary N) is 2. The number of carbonyl (C=O) groups excluding carboxylic acids is 2. The molecule has 0 spiro atoms. The van der Waals surface area contributed by atoms with Crippen LogP contribution in [0.1, 0.15) is 19.3 Å². The minimum Gasteiger partial charge on any atom is -0.352 e. The molecule has 1 unspecified atom stereocenters. The van der Waals surface area contributed by atoms with Crippen molar-refractivity contribution >= 4 is 24.3 Å². The van der Waals surface area contributed by atoms with Crippen LogP contribution < -0.4 is 16.8 Å². The number of urea groups is 1. The molecule has 0 bridgehead atoms. The van der Waals surface area contributed by atoms with Crippen molar-refractivity contribution in [3.63, 3.8) is 0 Å². The third kappa shape index (κ3) is 4.24. The van der Waals surface area contributed by atoms with Crippen LogP contribution in [-0.4, -0.2) is 42.5 Å². The summed E-state index contributed by atoms with van der Waals surface area (Å²) in [6.07, 6.45) is 2.96. The summed E-state index contributed by atoms with van der Waals surface area (Å²) >= 11 is 0. The Labute approximate surface area is 101 Å². The Bertz CT molecular complexity index is 250. The fraction of sp³-hybridized carbons (Fsp3) is 0.778. The lowest BCUT2D eigenvalue weighted by Crippen LogP contribution is -2.51. The second-order valence-electron chi connectivity index (χ2n) is 3.69. The van der Waals surface area contributed by atoms with E-state index in [0.29, 0.717) is 6.54 Å². The van der Waals surface area contributed by atoms with Gasteiger partial charge in [0.2, 0.25) is 5.91 Å². The number of piperidine rings is 1. The number of carbonyl (C=O) groups is 2. The number of hydrogen-bond donors (Lipinski definition) is 3. The first-order chi connectivity index (χ1) is 7.15. The van der Waals surface area contributed by atoms with Crippen LogP contribution in [0.3, 0.4) is 0 Å². The van der Waals surface area contributed by atoms with Crippen LogP contribution in [-0.2, 0) is 4.79 Å². The molecular formula is C9H19ClN4O2. The number of amides is 3. The molecule has 7 heteroatoms. The lowest BCUT2D eigenvalue weighted by atomic mass is 10.0. The van der Waals surface area contributed by atoms with Gasteiger partial charge < -0.3 is 21.7 Å². The van der Waals surface area contributed by atoms with Gasteiger partial charge in [0.05, 0.1) is 6.54 Å². The molecule has 0 aliphatic carbocycles. The van der Waals surface area contributed by atoms with Crippen molar-refractivity contribution in [2.24, 2.45) is 11.5 Å². The van der Waals surface area contributed by atoms with Crippen LogP contribution in [0.15, 0.2) is 0 Å². The quantitative estimate of drug-likeness (QED) is 0.624. The van der Waals surface area contributed by atoms with E-state index in [2.05, 4.69) is 5.32 Å². The molecule has 1 rings (SSSR count). The Morgan fingerprint density at radius 1 is 1.38 bits per heavy atom. The molecule has 6 nitrogen and oxygen atoms in total. The van der Waals surface area contributed by atoms with Crippen LogP contribution >= 0.6 is 12.4 Å². The highest BCUT2D eigenvalue weighted by atomic mass is 35.5. The maximum Gasteiger partial charge on any atom is 0.312 e. The summed E-state index contributed by atoms with van der Waals surface area (Å²) in [4.78, 5) is 23.8. The van der Waals surface area contributed by atoms with Crippen molar-refractivity contribution in [1.82, 2.24) is 10.2 Å². The maximum atomic E-state index is 11.5. The first kappa shape index (κ1) is 15.0. The molecule has 1 saturated heterocycles. The smallest absolute Gasteiger partial charge is 0.312 e. The number of likely N-dealkylation sites (tertiary alicyclic amines) is 1. The third-order valence-corrected chi connectivity index (χ3v) is 2.63. The van der Waals surface area contributed by atoms with Gasteiger partial charge in [0.1, 0.15) is 0 Å². The third-order valence-electron chi connectivity index (χ3n) is 2.63. The molecule has 5 N–H and O–H groups in total. The zero-order valence-corrected chi connectivity index (χ0v) is 9.96. The first-order valence-electron chi connectivity index (χ1n) is 5.18. The first-order valence-corrected chi connectivity index (χ1v) is 5.18. The van der Waals surface area contributed by atoms with Crippen molar-refractivity contribution in [1.29, 1.82) is 0 Å². The molecule has 16 heavy (non-hydrogen) atoms. The van der Waals surface area contributed by atoms with E-state index >= 15 is 0 Å². The molecule has 1 aliphatic heterocycles. The second kappa shape index (κ2) is 7.29. The van der Waals surface area contributed by atoms with E-state index in [9.17, 15) is 9.59 Å². The number of halogens is 1. The summed E-state index contributed by atoms with van der Waals surface area (Å²) in [5.74, 6) is -0.0639. The lowest BCUT2D eigenvalue weighted by molar-refractivity contribution is -0.133. The van der Waals surface area contributed by atoms with Crippen LogP contribution in [0.2, 0.25) is 0 Å². The minimum absolute atomic E-state index is 0. The maximum absolute atomic E-state index is 11.5. The summed E-state index contributed by atoms with van der Waals surface area (Å²) in [5.41, 5.74) is 10.3. The molecule has 1 atom stereocenters. The largest absolute Gasteiger partial charge is 0.352 e. The van der Waals surface area contributed by atoms with Crippen LogP contribution in [0.4, 0.5) is 4.79 Å². The summed E-state index contributed by atoms with van der Waals surface area (Å²) in [7, 11) is 0. The minimum atomic E-state index is -0.555. The number of nitrogens with one attached hydrogen (secondary N) is 1. The Hall–Kier alpha value is -1.01. The molecule has 0 radical (unpaired) electrons.